The predicted molar refractivity (Wildman–Crippen MR) is 65.6 cm³/mol. The number of nitrogens with one attached hydrogen (secondary N) is 2. The van der Waals surface area contributed by atoms with Gasteiger partial charge in [-0.3, -0.25) is 14.5 Å². The largest absolute Gasteiger partial charge is 0.355 e. The van der Waals surface area contributed by atoms with E-state index >= 15 is 0 Å². The number of hydrogen-bond acceptors (Lipinski definition) is 4. The molecule has 0 aromatic heterocycles. The number of carbonyl (C=O) groups excluding carboxylic acids is 2. The Morgan fingerprint density at radius 1 is 1.47 bits per heavy atom. The molecule has 0 aromatic rings. The van der Waals surface area contributed by atoms with E-state index in [2.05, 4.69) is 10.6 Å². The van der Waals surface area contributed by atoms with Gasteiger partial charge in [-0.25, -0.2) is 0 Å². The summed E-state index contributed by atoms with van der Waals surface area (Å²) in [5, 5.41) is 5.94. The van der Waals surface area contributed by atoms with Gasteiger partial charge in [0.25, 0.3) is 0 Å². The quantitative estimate of drug-likeness (QED) is 0.629. The minimum absolute atomic E-state index is 0.0223. The van der Waals surface area contributed by atoms with Crippen LogP contribution in [-0.4, -0.2) is 74.5 Å². The van der Waals surface area contributed by atoms with Gasteiger partial charge in [0, 0.05) is 40.3 Å². The van der Waals surface area contributed by atoms with Gasteiger partial charge in [-0.1, -0.05) is 0 Å². The van der Waals surface area contributed by atoms with E-state index in [1.54, 1.807) is 19.0 Å². The van der Waals surface area contributed by atoms with Crippen LogP contribution in [0.5, 0.6) is 0 Å². The first-order chi connectivity index (χ1) is 8.06. The number of carbonyl (C=O) groups is 2. The molecule has 2 N–H and O–H groups in total. The predicted octanol–water partition coefficient (Wildman–Crippen LogP) is -1.52. The summed E-state index contributed by atoms with van der Waals surface area (Å²) < 4.78 is 0. The van der Waals surface area contributed by atoms with E-state index in [1.165, 1.54) is 0 Å². The highest BCUT2D eigenvalue weighted by molar-refractivity contribution is 5.83. The van der Waals surface area contributed by atoms with Gasteiger partial charge in [-0.15, -0.1) is 0 Å². The highest BCUT2D eigenvalue weighted by atomic mass is 16.2. The van der Waals surface area contributed by atoms with Crippen molar-refractivity contribution in [2.24, 2.45) is 0 Å². The minimum atomic E-state index is -0.235. The monoisotopic (exact) mass is 242 g/mol. The van der Waals surface area contributed by atoms with Crippen LogP contribution in [0.2, 0.25) is 0 Å². The lowest BCUT2D eigenvalue weighted by atomic mass is 10.1. The summed E-state index contributed by atoms with van der Waals surface area (Å²) in [5.74, 6) is 0.0208. The molecule has 1 unspecified atom stereocenters. The van der Waals surface area contributed by atoms with Crippen molar-refractivity contribution in [2.45, 2.75) is 13.0 Å². The van der Waals surface area contributed by atoms with E-state index in [0.29, 0.717) is 19.6 Å². The first-order valence-electron chi connectivity index (χ1n) is 5.99. The minimum Gasteiger partial charge on any atom is -0.355 e. The fraction of sp³-hybridized carbons (Fsp3) is 0.818. The van der Waals surface area contributed by atoms with Crippen molar-refractivity contribution >= 4 is 11.8 Å². The molecule has 0 radical (unpaired) electrons. The van der Waals surface area contributed by atoms with Crippen molar-refractivity contribution in [2.75, 3.05) is 46.8 Å². The highest BCUT2D eigenvalue weighted by Crippen LogP contribution is 2.05. The molecule has 17 heavy (non-hydrogen) atoms. The third kappa shape index (κ3) is 3.98. The molecule has 0 saturated carbocycles. The first-order valence-corrected chi connectivity index (χ1v) is 5.99. The van der Waals surface area contributed by atoms with Crippen LogP contribution in [0.25, 0.3) is 0 Å². The molecule has 98 valence electrons. The zero-order valence-corrected chi connectivity index (χ0v) is 10.8. The van der Waals surface area contributed by atoms with Crippen LogP contribution in [0.3, 0.4) is 0 Å². The summed E-state index contributed by atoms with van der Waals surface area (Å²) in [6.07, 6.45) is 0. The topological polar surface area (TPSA) is 64.7 Å². The number of nitrogens with zero attached hydrogens (tertiary/aromatic N) is 2. The smallest absolute Gasteiger partial charge is 0.240 e. The highest BCUT2D eigenvalue weighted by Gasteiger charge is 2.30. The van der Waals surface area contributed by atoms with Crippen LogP contribution in [0.15, 0.2) is 0 Å². The van der Waals surface area contributed by atoms with Crippen LogP contribution in [0.4, 0.5) is 0 Å². The van der Waals surface area contributed by atoms with Gasteiger partial charge < -0.3 is 15.5 Å². The Hall–Kier alpha value is -1.14. The first kappa shape index (κ1) is 13.9. The summed E-state index contributed by atoms with van der Waals surface area (Å²) in [5.41, 5.74) is 0. The molecule has 0 aliphatic carbocycles. The van der Waals surface area contributed by atoms with E-state index in [0.717, 1.165) is 13.1 Å². The zero-order chi connectivity index (χ0) is 12.8. The van der Waals surface area contributed by atoms with E-state index in [-0.39, 0.29) is 17.9 Å². The molecule has 6 nitrogen and oxygen atoms in total. The molecule has 1 aliphatic rings. The Kier molecular flexibility index (Phi) is 5.37. The van der Waals surface area contributed by atoms with Gasteiger partial charge in [-0.2, -0.15) is 0 Å². The Morgan fingerprint density at radius 2 is 2.18 bits per heavy atom. The van der Waals surface area contributed by atoms with Crippen molar-refractivity contribution in [3.63, 3.8) is 0 Å². The van der Waals surface area contributed by atoms with E-state index < -0.39 is 0 Å². The van der Waals surface area contributed by atoms with Crippen molar-refractivity contribution in [3.8, 4) is 0 Å². The molecule has 1 atom stereocenters. The fourth-order valence-electron chi connectivity index (χ4n) is 1.91. The molecule has 2 amide bonds. The van der Waals surface area contributed by atoms with Gasteiger partial charge in [0.05, 0.1) is 6.54 Å². The van der Waals surface area contributed by atoms with Crippen molar-refractivity contribution in [1.29, 1.82) is 0 Å². The lowest BCUT2D eigenvalue weighted by molar-refractivity contribution is -0.136. The SMILES string of the molecule is CCNC(=O)CN1CCNCC1C(=O)N(C)C. The molecule has 1 heterocycles. The van der Waals surface area contributed by atoms with Crippen molar-refractivity contribution < 1.29 is 9.59 Å². The number of likely N-dealkylation sites (N-methyl/N-ethyl adjacent to an activating group) is 2. The van der Waals surface area contributed by atoms with Gasteiger partial charge >= 0.3 is 0 Å². The molecule has 6 heteroatoms. The summed E-state index contributed by atoms with van der Waals surface area (Å²) in [6, 6.07) is -0.235. The average Bonchev–Trinajstić information content (AvgIpc) is 2.29. The second-order valence-electron chi connectivity index (χ2n) is 4.38. The third-order valence-electron chi connectivity index (χ3n) is 2.80. The fourth-order valence-corrected chi connectivity index (χ4v) is 1.91. The molecule has 0 spiro atoms. The van der Waals surface area contributed by atoms with Gasteiger partial charge in [0.1, 0.15) is 6.04 Å². The van der Waals surface area contributed by atoms with Crippen molar-refractivity contribution in [1.82, 2.24) is 20.4 Å². The number of hydrogen-bond donors (Lipinski definition) is 2. The summed E-state index contributed by atoms with van der Waals surface area (Å²) in [6.45, 7) is 4.95. The van der Waals surface area contributed by atoms with Crippen LogP contribution < -0.4 is 10.6 Å². The van der Waals surface area contributed by atoms with Gasteiger partial charge in [0.15, 0.2) is 0 Å². The Labute approximate surface area is 102 Å². The number of amides is 2. The summed E-state index contributed by atoms with van der Waals surface area (Å²) >= 11 is 0. The molecule has 1 rings (SSSR count). The van der Waals surface area contributed by atoms with E-state index in [1.807, 2.05) is 11.8 Å². The Balaban J connectivity index is 2.59. The second-order valence-corrected chi connectivity index (χ2v) is 4.38. The van der Waals surface area contributed by atoms with E-state index in [9.17, 15) is 9.59 Å². The number of rotatable bonds is 4. The molecule has 1 saturated heterocycles. The standard InChI is InChI=1S/C11H22N4O2/c1-4-13-10(16)8-15-6-5-12-7-9(15)11(17)14(2)3/h9,12H,4-8H2,1-3H3,(H,13,16). The lowest BCUT2D eigenvalue weighted by Gasteiger charge is -2.35. The zero-order valence-electron chi connectivity index (χ0n) is 10.8. The molecule has 1 fully saturated rings. The maximum atomic E-state index is 12.0. The van der Waals surface area contributed by atoms with Gasteiger partial charge in [-0.05, 0) is 6.92 Å². The van der Waals surface area contributed by atoms with Crippen LogP contribution in [-0.2, 0) is 9.59 Å². The third-order valence-corrected chi connectivity index (χ3v) is 2.80. The Bertz CT molecular complexity index is 281. The summed E-state index contributed by atoms with van der Waals surface area (Å²) in [7, 11) is 3.47. The van der Waals surface area contributed by atoms with Gasteiger partial charge in [0.2, 0.25) is 11.8 Å². The molecular weight excluding hydrogens is 220 g/mol. The van der Waals surface area contributed by atoms with E-state index in [4.69, 9.17) is 0 Å². The van der Waals surface area contributed by atoms with Crippen LogP contribution >= 0.6 is 0 Å². The van der Waals surface area contributed by atoms with Crippen molar-refractivity contribution in [3.05, 3.63) is 0 Å². The average molecular weight is 242 g/mol. The van der Waals surface area contributed by atoms with Crippen LogP contribution in [0, 0.1) is 0 Å². The second kappa shape index (κ2) is 6.56. The molecular formula is C11H22N4O2. The molecule has 0 bridgehead atoms. The lowest BCUT2D eigenvalue weighted by Crippen LogP contribution is -2.59. The number of piperazine rings is 1. The summed E-state index contributed by atoms with van der Waals surface area (Å²) in [4.78, 5) is 27.0. The molecule has 1 aliphatic heterocycles. The normalized spacial score (nSPS) is 21.0. The maximum Gasteiger partial charge on any atom is 0.240 e. The Morgan fingerprint density at radius 3 is 2.76 bits per heavy atom. The van der Waals surface area contributed by atoms with Crippen LogP contribution in [0.1, 0.15) is 6.92 Å². The maximum absolute atomic E-state index is 12.0. The molecule has 0 aromatic carbocycles.